The van der Waals surface area contributed by atoms with E-state index in [0.717, 1.165) is 28.0 Å². The van der Waals surface area contributed by atoms with Gasteiger partial charge in [0.05, 0.1) is 18.0 Å². The number of ether oxygens (including phenoxy) is 2. The number of methoxy groups -OCH3 is 1. The van der Waals surface area contributed by atoms with E-state index in [-0.39, 0.29) is 6.10 Å². The van der Waals surface area contributed by atoms with Gasteiger partial charge in [-0.1, -0.05) is 23.4 Å². The van der Waals surface area contributed by atoms with Crippen LogP contribution in [0.4, 0.5) is 22.4 Å². The number of aryl methyl sites for hydroxylation is 1. The molecule has 0 aliphatic carbocycles. The van der Waals surface area contributed by atoms with Crippen molar-refractivity contribution < 1.29 is 18.8 Å². The molecule has 4 heterocycles. The van der Waals surface area contributed by atoms with Crippen LogP contribution in [-0.2, 0) is 11.3 Å². The molecule has 1 amide bonds. The van der Waals surface area contributed by atoms with Crippen LogP contribution in [0.3, 0.4) is 0 Å². The van der Waals surface area contributed by atoms with Crippen molar-refractivity contribution in [2.45, 2.75) is 32.4 Å². The smallest absolute Gasteiger partial charge is 0.413 e. The zero-order valence-corrected chi connectivity index (χ0v) is 20.1. The van der Waals surface area contributed by atoms with Gasteiger partial charge in [0, 0.05) is 56.5 Å². The summed E-state index contributed by atoms with van der Waals surface area (Å²) < 4.78 is 15.9. The van der Waals surface area contributed by atoms with Crippen LogP contribution in [0.5, 0.6) is 5.75 Å². The Morgan fingerprint density at radius 2 is 2.03 bits per heavy atom. The first-order valence-corrected chi connectivity index (χ1v) is 11.7. The Bertz CT molecular complexity index is 1350. The summed E-state index contributed by atoms with van der Waals surface area (Å²) in [5.41, 5.74) is 1.83. The summed E-state index contributed by atoms with van der Waals surface area (Å²) in [4.78, 5) is 28.1. The highest BCUT2D eigenvalue weighted by molar-refractivity contribution is 5.89. The normalized spacial score (nSPS) is 14.0. The Kier molecular flexibility index (Phi) is 6.78. The second-order valence-corrected chi connectivity index (χ2v) is 8.47. The van der Waals surface area contributed by atoms with E-state index in [9.17, 15) is 4.79 Å². The third-order valence-electron chi connectivity index (χ3n) is 5.99. The molecule has 2 N–H and O–H groups in total. The maximum Gasteiger partial charge on any atom is 0.413 e. The minimum atomic E-state index is -0.536. The van der Waals surface area contributed by atoms with Crippen LogP contribution in [0.15, 0.2) is 53.3 Å². The van der Waals surface area contributed by atoms with E-state index in [1.807, 2.05) is 30.3 Å². The number of para-hydroxylation sites is 1. The number of amides is 1. The van der Waals surface area contributed by atoms with Crippen molar-refractivity contribution in [2.24, 2.45) is 0 Å². The standard InChI is InChI=1S/C25H27N7O4/c1-16-13-22(31-36-16)30-25(33)35-18-8-11-32(12-9-18)23-19-15-28-24(29-20(19)7-10-26-23)27-14-17-5-3-4-6-21(17)34-2/h3-7,10,13,15,18H,8-9,11-12,14H2,1-2H3,(H,27,28,29)(H,30,31,33). The second kappa shape index (κ2) is 10.5. The van der Waals surface area contributed by atoms with Crippen molar-refractivity contribution in [3.63, 3.8) is 0 Å². The van der Waals surface area contributed by atoms with Gasteiger partial charge in [0.25, 0.3) is 0 Å². The van der Waals surface area contributed by atoms with Crippen LogP contribution < -0.4 is 20.3 Å². The Balaban J connectivity index is 1.20. The van der Waals surface area contributed by atoms with Crippen LogP contribution in [0.1, 0.15) is 24.2 Å². The number of anilines is 3. The van der Waals surface area contributed by atoms with Gasteiger partial charge in [-0.05, 0) is 19.1 Å². The molecular weight excluding hydrogens is 462 g/mol. The minimum Gasteiger partial charge on any atom is -0.496 e. The number of nitrogens with zero attached hydrogens (tertiary/aromatic N) is 5. The summed E-state index contributed by atoms with van der Waals surface area (Å²) in [6, 6.07) is 11.3. The zero-order valence-electron chi connectivity index (χ0n) is 20.1. The third kappa shape index (κ3) is 5.29. The molecule has 1 aromatic carbocycles. The van der Waals surface area contributed by atoms with E-state index in [1.54, 1.807) is 32.5 Å². The van der Waals surface area contributed by atoms with Crippen LogP contribution in [0.25, 0.3) is 10.9 Å². The fourth-order valence-electron chi connectivity index (χ4n) is 4.20. The van der Waals surface area contributed by atoms with Crippen LogP contribution in [0, 0.1) is 6.92 Å². The molecule has 4 aromatic rings. The topological polar surface area (TPSA) is 128 Å². The monoisotopic (exact) mass is 489 g/mol. The molecule has 11 heteroatoms. The molecule has 1 saturated heterocycles. The fraction of sp³-hybridized carbons (Fsp3) is 0.320. The molecule has 11 nitrogen and oxygen atoms in total. The highest BCUT2D eigenvalue weighted by Crippen LogP contribution is 2.27. The average Bonchev–Trinajstić information content (AvgIpc) is 3.31. The molecule has 0 unspecified atom stereocenters. The summed E-state index contributed by atoms with van der Waals surface area (Å²) in [6.07, 6.45) is 4.19. The first-order chi connectivity index (χ1) is 17.6. The number of rotatable bonds is 7. The van der Waals surface area contributed by atoms with Gasteiger partial charge in [-0.2, -0.15) is 0 Å². The number of aromatic nitrogens is 4. The van der Waals surface area contributed by atoms with E-state index in [0.29, 0.717) is 50.0 Å². The highest BCUT2D eigenvalue weighted by Gasteiger charge is 2.25. The number of benzene rings is 1. The summed E-state index contributed by atoms with van der Waals surface area (Å²) in [5, 5.41) is 10.5. The van der Waals surface area contributed by atoms with Gasteiger partial charge >= 0.3 is 6.09 Å². The number of hydrogen-bond acceptors (Lipinski definition) is 10. The quantitative estimate of drug-likeness (QED) is 0.390. The SMILES string of the molecule is COc1ccccc1CNc1ncc2c(N3CCC(OC(=O)Nc4cc(C)on4)CC3)nccc2n1. The van der Waals surface area contributed by atoms with Gasteiger partial charge in [0.2, 0.25) is 5.95 Å². The molecule has 1 fully saturated rings. The second-order valence-electron chi connectivity index (χ2n) is 8.47. The molecule has 1 aliphatic heterocycles. The van der Waals surface area contributed by atoms with Crippen molar-refractivity contribution in [3.8, 4) is 5.75 Å². The lowest BCUT2D eigenvalue weighted by Gasteiger charge is -2.32. The van der Waals surface area contributed by atoms with Crippen LogP contribution >= 0.6 is 0 Å². The van der Waals surface area contributed by atoms with Crippen molar-refractivity contribution in [1.29, 1.82) is 0 Å². The first-order valence-electron chi connectivity index (χ1n) is 11.7. The molecule has 0 spiro atoms. The van der Waals surface area contributed by atoms with Gasteiger partial charge in [-0.3, -0.25) is 5.32 Å². The molecule has 0 radical (unpaired) electrons. The lowest BCUT2D eigenvalue weighted by molar-refractivity contribution is 0.0949. The molecule has 5 rings (SSSR count). The van der Waals surface area contributed by atoms with Gasteiger partial charge in [0.15, 0.2) is 5.82 Å². The Morgan fingerprint density at radius 3 is 2.81 bits per heavy atom. The molecule has 1 aliphatic rings. The molecule has 0 bridgehead atoms. The Labute approximate surface area is 207 Å². The molecule has 36 heavy (non-hydrogen) atoms. The fourth-order valence-corrected chi connectivity index (χ4v) is 4.20. The largest absolute Gasteiger partial charge is 0.496 e. The average molecular weight is 490 g/mol. The predicted molar refractivity (Wildman–Crippen MR) is 134 cm³/mol. The van der Waals surface area contributed by atoms with E-state index < -0.39 is 6.09 Å². The molecule has 186 valence electrons. The van der Waals surface area contributed by atoms with Gasteiger partial charge in [-0.25, -0.2) is 19.7 Å². The van der Waals surface area contributed by atoms with Crippen LogP contribution in [-0.4, -0.2) is 52.5 Å². The lowest BCUT2D eigenvalue weighted by atomic mass is 10.1. The maximum atomic E-state index is 12.2. The van der Waals surface area contributed by atoms with E-state index in [4.69, 9.17) is 14.0 Å². The minimum absolute atomic E-state index is 0.189. The van der Waals surface area contributed by atoms with Crippen molar-refractivity contribution in [3.05, 3.63) is 60.1 Å². The number of carbonyl (C=O) groups is 1. The van der Waals surface area contributed by atoms with E-state index >= 15 is 0 Å². The highest BCUT2D eigenvalue weighted by atomic mass is 16.6. The molecule has 3 aromatic heterocycles. The molecular formula is C25H27N7O4. The molecule has 0 saturated carbocycles. The maximum absolute atomic E-state index is 12.2. The van der Waals surface area contributed by atoms with Crippen LogP contribution in [0.2, 0.25) is 0 Å². The summed E-state index contributed by atoms with van der Waals surface area (Å²) in [6.45, 7) is 3.69. The van der Waals surface area contributed by atoms with Crippen molar-refractivity contribution in [2.75, 3.05) is 35.7 Å². The number of carbonyl (C=O) groups excluding carboxylic acids is 1. The Hall–Kier alpha value is -4.41. The number of pyridine rings is 1. The third-order valence-corrected chi connectivity index (χ3v) is 5.99. The summed E-state index contributed by atoms with van der Waals surface area (Å²) in [5.74, 6) is 3.13. The zero-order chi connectivity index (χ0) is 24.9. The van der Waals surface area contributed by atoms with Crippen molar-refractivity contribution >= 4 is 34.6 Å². The summed E-state index contributed by atoms with van der Waals surface area (Å²) >= 11 is 0. The van der Waals surface area contributed by atoms with Gasteiger partial charge < -0.3 is 24.2 Å². The lowest BCUT2D eigenvalue weighted by Crippen LogP contribution is -2.39. The molecule has 0 atom stereocenters. The Morgan fingerprint density at radius 1 is 1.19 bits per heavy atom. The number of nitrogens with one attached hydrogen (secondary N) is 2. The first kappa shape index (κ1) is 23.3. The van der Waals surface area contributed by atoms with Crippen molar-refractivity contribution in [1.82, 2.24) is 20.1 Å². The van der Waals surface area contributed by atoms with E-state index in [1.165, 1.54) is 0 Å². The van der Waals surface area contributed by atoms with Gasteiger partial charge in [0.1, 0.15) is 23.4 Å². The number of piperidine rings is 1. The number of hydrogen-bond donors (Lipinski definition) is 2. The number of fused-ring (bicyclic) bond motifs is 1. The predicted octanol–water partition coefficient (Wildman–Crippen LogP) is 4.16. The van der Waals surface area contributed by atoms with E-state index in [2.05, 4.69) is 35.6 Å². The van der Waals surface area contributed by atoms with Gasteiger partial charge in [-0.15, -0.1) is 0 Å². The summed E-state index contributed by atoms with van der Waals surface area (Å²) in [7, 11) is 1.66.